The first kappa shape index (κ1) is 29.1. The van der Waals surface area contributed by atoms with E-state index in [2.05, 4.69) is 0 Å². The molecule has 37 heavy (non-hydrogen) atoms. The standard InChI is InChI=1S/C27H36ClN3O5S/c1-4-15-30(37(34,35)25-11-5-21(2)6-12-25)19-26(32)31(18-22-7-9-23(28)10-8-22)24-13-16-29(17-14-24)27(33)20-36-3/h5-12,24H,4,13-20H2,1-3H3. The summed E-state index contributed by atoms with van der Waals surface area (Å²) in [6.07, 6.45) is 1.79. The van der Waals surface area contributed by atoms with E-state index in [-0.39, 0.29) is 42.4 Å². The molecule has 0 saturated carbocycles. The highest BCUT2D eigenvalue weighted by Gasteiger charge is 2.33. The molecule has 3 rings (SSSR count). The topological polar surface area (TPSA) is 87.2 Å². The molecule has 0 unspecified atom stereocenters. The summed E-state index contributed by atoms with van der Waals surface area (Å²) >= 11 is 6.05. The number of carbonyl (C=O) groups excluding carboxylic acids is 2. The molecule has 202 valence electrons. The van der Waals surface area contributed by atoms with Gasteiger partial charge in [0.1, 0.15) is 6.61 Å². The third kappa shape index (κ3) is 7.77. The summed E-state index contributed by atoms with van der Waals surface area (Å²) in [6, 6.07) is 13.8. The van der Waals surface area contributed by atoms with Crippen LogP contribution in [-0.2, 0) is 30.9 Å². The van der Waals surface area contributed by atoms with E-state index in [1.165, 1.54) is 11.4 Å². The van der Waals surface area contributed by atoms with Gasteiger partial charge in [0.05, 0.1) is 11.4 Å². The second-order valence-corrected chi connectivity index (χ2v) is 11.7. The average molecular weight is 550 g/mol. The number of methoxy groups -OCH3 is 1. The maximum atomic E-state index is 13.7. The molecule has 2 aromatic carbocycles. The van der Waals surface area contributed by atoms with Crippen LogP contribution in [0.1, 0.15) is 37.3 Å². The number of carbonyl (C=O) groups is 2. The molecule has 10 heteroatoms. The number of nitrogens with zero attached hydrogens (tertiary/aromatic N) is 3. The summed E-state index contributed by atoms with van der Waals surface area (Å²) < 4.78 is 33.1. The van der Waals surface area contributed by atoms with Crippen LogP contribution in [0.25, 0.3) is 0 Å². The average Bonchev–Trinajstić information content (AvgIpc) is 2.88. The highest BCUT2D eigenvalue weighted by atomic mass is 35.5. The Morgan fingerprint density at radius 2 is 1.68 bits per heavy atom. The van der Waals surface area contributed by atoms with E-state index in [1.54, 1.807) is 46.2 Å². The van der Waals surface area contributed by atoms with Crippen LogP contribution in [0, 0.1) is 6.92 Å². The molecule has 0 atom stereocenters. The molecule has 0 bridgehead atoms. The van der Waals surface area contributed by atoms with Gasteiger partial charge in [0.15, 0.2) is 0 Å². The molecule has 1 heterocycles. The zero-order valence-electron chi connectivity index (χ0n) is 21.7. The molecule has 8 nitrogen and oxygen atoms in total. The fourth-order valence-electron chi connectivity index (χ4n) is 4.48. The Kier molecular flexibility index (Phi) is 10.5. The zero-order chi connectivity index (χ0) is 27.0. The first-order valence-electron chi connectivity index (χ1n) is 12.5. The van der Waals surface area contributed by atoms with Gasteiger partial charge in [-0.05, 0) is 56.0 Å². The molecular formula is C27H36ClN3O5S. The van der Waals surface area contributed by atoms with Crippen molar-refractivity contribution in [2.24, 2.45) is 0 Å². The van der Waals surface area contributed by atoms with Crippen LogP contribution in [0.5, 0.6) is 0 Å². The van der Waals surface area contributed by atoms with Crippen molar-refractivity contribution in [3.05, 3.63) is 64.7 Å². The number of rotatable bonds is 11. The van der Waals surface area contributed by atoms with Crippen LogP contribution in [0.2, 0.25) is 5.02 Å². The van der Waals surface area contributed by atoms with Gasteiger partial charge in [-0.1, -0.05) is 48.4 Å². The molecule has 0 aromatic heterocycles. The Balaban J connectivity index is 1.82. The smallest absolute Gasteiger partial charge is 0.248 e. The number of piperidine rings is 1. The van der Waals surface area contributed by atoms with Gasteiger partial charge >= 0.3 is 0 Å². The molecule has 0 spiro atoms. The number of amides is 2. The van der Waals surface area contributed by atoms with E-state index in [9.17, 15) is 18.0 Å². The molecule has 2 amide bonds. The summed E-state index contributed by atoms with van der Waals surface area (Å²) in [4.78, 5) is 29.7. The zero-order valence-corrected chi connectivity index (χ0v) is 23.3. The second-order valence-electron chi connectivity index (χ2n) is 9.34. The second kappa shape index (κ2) is 13.4. The van der Waals surface area contributed by atoms with E-state index in [1.807, 2.05) is 26.0 Å². The van der Waals surface area contributed by atoms with Crippen molar-refractivity contribution < 1.29 is 22.7 Å². The predicted molar refractivity (Wildman–Crippen MR) is 144 cm³/mol. The first-order chi connectivity index (χ1) is 17.6. The van der Waals surface area contributed by atoms with Crippen molar-refractivity contribution in [3.8, 4) is 0 Å². The molecule has 0 aliphatic carbocycles. The van der Waals surface area contributed by atoms with Crippen LogP contribution in [0.4, 0.5) is 0 Å². The quantitative estimate of drug-likeness (QED) is 0.426. The van der Waals surface area contributed by atoms with Crippen LogP contribution < -0.4 is 0 Å². The summed E-state index contributed by atoms with van der Waals surface area (Å²) in [6.45, 7) is 5.15. The lowest BCUT2D eigenvalue weighted by Crippen LogP contribution is -2.51. The van der Waals surface area contributed by atoms with Gasteiger partial charge in [-0.2, -0.15) is 4.31 Å². The highest BCUT2D eigenvalue weighted by Crippen LogP contribution is 2.23. The van der Waals surface area contributed by atoms with E-state index in [4.69, 9.17) is 16.3 Å². The largest absolute Gasteiger partial charge is 0.375 e. The predicted octanol–water partition coefficient (Wildman–Crippen LogP) is 3.72. The Bertz CT molecular complexity index is 1150. The van der Waals surface area contributed by atoms with Gasteiger partial charge in [-0.25, -0.2) is 8.42 Å². The number of aryl methyl sites for hydroxylation is 1. The highest BCUT2D eigenvalue weighted by molar-refractivity contribution is 7.89. The number of halogens is 1. The van der Waals surface area contributed by atoms with Crippen LogP contribution >= 0.6 is 11.6 Å². The number of hydrogen-bond acceptors (Lipinski definition) is 5. The van der Waals surface area contributed by atoms with Gasteiger partial charge in [0, 0.05) is 44.4 Å². The summed E-state index contributed by atoms with van der Waals surface area (Å²) in [7, 11) is -2.35. The van der Waals surface area contributed by atoms with Crippen LogP contribution in [0.15, 0.2) is 53.4 Å². The Labute approximate surface area is 225 Å². The van der Waals surface area contributed by atoms with Crippen molar-refractivity contribution in [1.82, 2.24) is 14.1 Å². The lowest BCUT2D eigenvalue weighted by atomic mass is 10.0. The molecule has 0 radical (unpaired) electrons. The van der Waals surface area contributed by atoms with Gasteiger partial charge in [-0.3, -0.25) is 9.59 Å². The third-order valence-corrected chi connectivity index (χ3v) is 8.67. The van der Waals surface area contributed by atoms with E-state index < -0.39 is 10.0 Å². The monoisotopic (exact) mass is 549 g/mol. The van der Waals surface area contributed by atoms with Crippen molar-refractivity contribution >= 4 is 33.4 Å². The third-order valence-electron chi connectivity index (χ3n) is 6.56. The van der Waals surface area contributed by atoms with Crippen LogP contribution in [-0.4, -0.2) is 80.3 Å². The van der Waals surface area contributed by atoms with E-state index in [0.717, 1.165) is 11.1 Å². The molecule has 1 aliphatic rings. The Morgan fingerprint density at radius 1 is 1.05 bits per heavy atom. The van der Waals surface area contributed by atoms with Gasteiger partial charge in [0.2, 0.25) is 21.8 Å². The molecule has 1 aliphatic heterocycles. The number of sulfonamides is 1. The van der Waals surface area contributed by atoms with E-state index >= 15 is 0 Å². The minimum absolute atomic E-state index is 0.0287. The maximum Gasteiger partial charge on any atom is 0.248 e. The normalized spacial score (nSPS) is 14.7. The molecule has 1 fully saturated rings. The fourth-order valence-corrected chi connectivity index (χ4v) is 6.09. The minimum Gasteiger partial charge on any atom is -0.375 e. The molecule has 1 saturated heterocycles. The minimum atomic E-state index is -3.84. The Morgan fingerprint density at radius 3 is 2.24 bits per heavy atom. The fraction of sp³-hybridized carbons (Fsp3) is 0.481. The summed E-state index contributed by atoms with van der Waals surface area (Å²) in [5.74, 6) is -0.337. The number of benzene rings is 2. The van der Waals surface area contributed by atoms with Crippen molar-refractivity contribution in [2.75, 3.05) is 39.9 Å². The Hall–Kier alpha value is -2.46. The summed E-state index contributed by atoms with van der Waals surface area (Å²) in [5, 5.41) is 0.602. The molecule has 2 aromatic rings. The number of likely N-dealkylation sites (tertiary alicyclic amines) is 1. The van der Waals surface area contributed by atoms with Gasteiger partial charge in [0.25, 0.3) is 0 Å². The molecule has 0 N–H and O–H groups in total. The van der Waals surface area contributed by atoms with Crippen molar-refractivity contribution in [1.29, 1.82) is 0 Å². The van der Waals surface area contributed by atoms with Crippen molar-refractivity contribution in [3.63, 3.8) is 0 Å². The molecular weight excluding hydrogens is 514 g/mol. The lowest BCUT2D eigenvalue weighted by Gasteiger charge is -2.39. The first-order valence-corrected chi connectivity index (χ1v) is 14.3. The van der Waals surface area contributed by atoms with Gasteiger partial charge < -0.3 is 14.5 Å². The van der Waals surface area contributed by atoms with E-state index in [0.29, 0.717) is 43.9 Å². The number of hydrogen-bond donors (Lipinski definition) is 0. The van der Waals surface area contributed by atoms with Crippen molar-refractivity contribution in [2.45, 2.75) is 50.6 Å². The maximum absolute atomic E-state index is 13.7. The number of ether oxygens (including phenoxy) is 1. The van der Waals surface area contributed by atoms with Crippen LogP contribution in [0.3, 0.4) is 0 Å². The summed E-state index contributed by atoms with van der Waals surface area (Å²) in [5.41, 5.74) is 1.86. The lowest BCUT2D eigenvalue weighted by molar-refractivity contribution is -0.139. The van der Waals surface area contributed by atoms with Gasteiger partial charge in [-0.15, -0.1) is 0 Å². The SMILES string of the molecule is CCCN(CC(=O)N(Cc1ccc(Cl)cc1)C1CCN(C(=O)COC)CC1)S(=O)(=O)c1ccc(C)cc1.